The van der Waals surface area contributed by atoms with E-state index in [9.17, 15) is 13.2 Å². The Kier molecular flexibility index (Phi) is 8.94. The third kappa shape index (κ3) is 6.93. The molecule has 2 aromatic heterocycles. The topological polar surface area (TPSA) is 87.4 Å². The Morgan fingerprint density at radius 3 is 2.50 bits per heavy atom. The van der Waals surface area contributed by atoms with Crippen molar-refractivity contribution in [3.05, 3.63) is 40.9 Å². The van der Waals surface area contributed by atoms with Gasteiger partial charge in [-0.2, -0.15) is 13.2 Å². The van der Waals surface area contributed by atoms with Crippen LogP contribution in [0.15, 0.2) is 27.8 Å². The first-order valence-electron chi connectivity index (χ1n) is 10.1. The van der Waals surface area contributed by atoms with Crippen molar-refractivity contribution < 1.29 is 17.7 Å². The van der Waals surface area contributed by atoms with Gasteiger partial charge in [0.05, 0.1) is 17.8 Å². The molecule has 0 saturated heterocycles. The maximum absolute atomic E-state index is 12.6. The van der Waals surface area contributed by atoms with Crippen molar-refractivity contribution in [1.82, 2.24) is 20.8 Å². The van der Waals surface area contributed by atoms with E-state index in [1.54, 1.807) is 0 Å². The minimum atomic E-state index is -4.38. The van der Waals surface area contributed by atoms with E-state index in [0.29, 0.717) is 31.4 Å². The lowest BCUT2D eigenvalue weighted by molar-refractivity contribution is -0.137. The molecular weight excluding hydrogens is 397 g/mol. The molecular formula is C20H29F3N6O. The van der Waals surface area contributed by atoms with Crippen LogP contribution in [0, 0.1) is 0 Å². The molecule has 166 valence electrons. The number of nitrogens with one attached hydrogen (secondary N) is 3. The normalized spacial score (nSPS) is 12.1. The van der Waals surface area contributed by atoms with E-state index >= 15 is 0 Å². The van der Waals surface area contributed by atoms with Gasteiger partial charge in [-0.1, -0.05) is 19.0 Å². The molecule has 0 atom stereocenters. The van der Waals surface area contributed by atoms with Gasteiger partial charge < -0.3 is 20.5 Å². The number of halogens is 3. The lowest BCUT2D eigenvalue weighted by atomic mass is 10.1. The second kappa shape index (κ2) is 11.4. The van der Waals surface area contributed by atoms with Crippen LogP contribution in [-0.2, 0) is 25.6 Å². The maximum atomic E-state index is 12.6. The van der Waals surface area contributed by atoms with E-state index in [2.05, 4.69) is 31.1 Å². The predicted molar refractivity (Wildman–Crippen MR) is 110 cm³/mol. The van der Waals surface area contributed by atoms with Crippen LogP contribution in [0.4, 0.5) is 19.0 Å². The quantitative estimate of drug-likeness (QED) is 0.305. The second-order valence-electron chi connectivity index (χ2n) is 6.57. The van der Waals surface area contributed by atoms with Gasteiger partial charge >= 0.3 is 6.18 Å². The summed E-state index contributed by atoms with van der Waals surface area (Å²) >= 11 is 0. The Morgan fingerprint density at radius 2 is 1.90 bits per heavy atom. The van der Waals surface area contributed by atoms with Crippen molar-refractivity contribution in [3.63, 3.8) is 0 Å². The molecule has 10 heteroatoms. The number of hydrogen-bond acceptors (Lipinski definition) is 5. The van der Waals surface area contributed by atoms with Gasteiger partial charge in [-0.25, -0.2) is 9.98 Å². The highest BCUT2D eigenvalue weighted by Crippen LogP contribution is 2.28. The van der Waals surface area contributed by atoms with Crippen LogP contribution < -0.4 is 16.0 Å². The van der Waals surface area contributed by atoms with Crippen molar-refractivity contribution in [3.8, 4) is 0 Å². The minimum Gasteiger partial charge on any atom is -0.370 e. The number of nitrogens with zero attached hydrogens (tertiary/aromatic N) is 3. The molecule has 0 aliphatic carbocycles. The van der Waals surface area contributed by atoms with Crippen LogP contribution in [0.5, 0.6) is 0 Å². The molecule has 7 nitrogen and oxygen atoms in total. The number of aromatic nitrogens is 2. The average molecular weight is 426 g/mol. The highest BCUT2D eigenvalue weighted by molar-refractivity contribution is 5.79. The van der Waals surface area contributed by atoms with Crippen LogP contribution in [0.1, 0.15) is 49.8 Å². The Morgan fingerprint density at radius 1 is 1.10 bits per heavy atom. The first-order valence-corrected chi connectivity index (χ1v) is 10.1. The van der Waals surface area contributed by atoms with Crippen molar-refractivity contribution in [1.29, 1.82) is 0 Å². The second-order valence-corrected chi connectivity index (χ2v) is 6.57. The molecule has 0 spiro atoms. The van der Waals surface area contributed by atoms with E-state index in [-0.39, 0.29) is 0 Å². The summed E-state index contributed by atoms with van der Waals surface area (Å²) < 4.78 is 43.0. The predicted octanol–water partition coefficient (Wildman–Crippen LogP) is 3.77. The number of aliphatic imine (C=N–C) groups is 1. The Labute approximate surface area is 174 Å². The van der Waals surface area contributed by atoms with Gasteiger partial charge in [-0.3, -0.25) is 0 Å². The Balaban J connectivity index is 1.81. The van der Waals surface area contributed by atoms with Crippen LogP contribution >= 0.6 is 0 Å². The first kappa shape index (κ1) is 23.5. The summed E-state index contributed by atoms with van der Waals surface area (Å²) in [6.45, 7) is 8.47. The lowest BCUT2D eigenvalue weighted by Crippen LogP contribution is -2.38. The molecule has 0 aromatic carbocycles. The molecule has 0 aliphatic heterocycles. The van der Waals surface area contributed by atoms with E-state index in [1.807, 2.05) is 20.8 Å². The van der Waals surface area contributed by atoms with Crippen molar-refractivity contribution >= 4 is 11.8 Å². The van der Waals surface area contributed by atoms with Gasteiger partial charge in [0.15, 0.2) is 5.96 Å². The van der Waals surface area contributed by atoms with Crippen LogP contribution in [0.25, 0.3) is 0 Å². The van der Waals surface area contributed by atoms with Gasteiger partial charge in [-0.15, -0.1) is 0 Å². The van der Waals surface area contributed by atoms with E-state index in [1.165, 1.54) is 6.07 Å². The summed E-state index contributed by atoms with van der Waals surface area (Å²) in [6.07, 6.45) is -1.25. The van der Waals surface area contributed by atoms with Crippen molar-refractivity contribution in [2.45, 2.75) is 52.8 Å². The fourth-order valence-corrected chi connectivity index (χ4v) is 2.79. The summed E-state index contributed by atoms with van der Waals surface area (Å²) in [7, 11) is 0. The number of aryl methyl sites for hydroxylation is 2. The SMILES string of the molecule is CCNC(=NCc1c(CC)noc1CC)NCCCNc1ccc(C(F)(F)F)cn1. The van der Waals surface area contributed by atoms with Crippen molar-refractivity contribution in [2.24, 2.45) is 4.99 Å². The lowest BCUT2D eigenvalue weighted by Gasteiger charge is -2.12. The van der Waals surface area contributed by atoms with Crippen LogP contribution in [0.2, 0.25) is 0 Å². The van der Waals surface area contributed by atoms with Gasteiger partial charge in [0.2, 0.25) is 0 Å². The number of pyridine rings is 1. The summed E-state index contributed by atoms with van der Waals surface area (Å²) in [4.78, 5) is 8.41. The molecule has 0 unspecified atom stereocenters. The molecule has 0 radical (unpaired) electrons. The zero-order chi connectivity index (χ0) is 22.0. The van der Waals surface area contributed by atoms with Crippen LogP contribution in [-0.4, -0.2) is 35.7 Å². The molecule has 0 saturated carbocycles. The van der Waals surface area contributed by atoms with E-state index in [0.717, 1.165) is 55.1 Å². The third-order valence-corrected chi connectivity index (χ3v) is 4.39. The summed E-state index contributed by atoms with van der Waals surface area (Å²) in [5, 5.41) is 13.6. The molecule has 30 heavy (non-hydrogen) atoms. The standard InChI is InChI=1S/C20H29F3N6O/c1-4-16-15(17(5-2)30-29-16)13-28-19(24-6-3)26-11-7-10-25-18-9-8-14(12-27-18)20(21,22)23/h8-9,12H,4-7,10-11,13H2,1-3H3,(H,25,27)(H2,24,26,28). The molecule has 3 N–H and O–H groups in total. The smallest absolute Gasteiger partial charge is 0.370 e. The number of rotatable bonds is 10. The molecule has 2 rings (SSSR count). The van der Waals surface area contributed by atoms with Gasteiger partial charge in [0, 0.05) is 37.8 Å². The number of hydrogen-bond donors (Lipinski definition) is 3. The monoisotopic (exact) mass is 426 g/mol. The van der Waals surface area contributed by atoms with Gasteiger partial charge in [0.1, 0.15) is 11.6 Å². The Hall–Kier alpha value is -2.78. The van der Waals surface area contributed by atoms with Gasteiger partial charge in [0.25, 0.3) is 0 Å². The third-order valence-electron chi connectivity index (χ3n) is 4.39. The van der Waals surface area contributed by atoms with Crippen molar-refractivity contribution in [2.75, 3.05) is 25.0 Å². The largest absolute Gasteiger partial charge is 0.417 e. The molecule has 0 bridgehead atoms. The van der Waals surface area contributed by atoms with Crippen LogP contribution in [0.3, 0.4) is 0 Å². The summed E-state index contributed by atoms with van der Waals surface area (Å²) in [6, 6.07) is 2.35. The highest BCUT2D eigenvalue weighted by Gasteiger charge is 2.30. The molecule has 0 fully saturated rings. The average Bonchev–Trinajstić information content (AvgIpc) is 3.13. The number of alkyl halides is 3. The van der Waals surface area contributed by atoms with E-state index in [4.69, 9.17) is 4.52 Å². The Bertz CT molecular complexity index is 780. The number of anilines is 1. The molecule has 0 amide bonds. The number of guanidine groups is 1. The maximum Gasteiger partial charge on any atom is 0.417 e. The summed E-state index contributed by atoms with van der Waals surface area (Å²) in [5.74, 6) is 1.96. The van der Waals surface area contributed by atoms with E-state index < -0.39 is 11.7 Å². The summed E-state index contributed by atoms with van der Waals surface area (Å²) in [5.41, 5.74) is 1.21. The minimum absolute atomic E-state index is 0.412. The highest BCUT2D eigenvalue weighted by atomic mass is 19.4. The first-order chi connectivity index (χ1) is 14.4. The fraction of sp³-hybridized carbons (Fsp3) is 0.550. The zero-order valence-electron chi connectivity index (χ0n) is 17.6. The zero-order valence-corrected chi connectivity index (χ0v) is 17.6. The van der Waals surface area contributed by atoms with Gasteiger partial charge in [-0.05, 0) is 31.9 Å². The molecule has 2 heterocycles. The fourth-order valence-electron chi connectivity index (χ4n) is 2.79. The molecule has 0 aliphatic rings. The molecule has 2 aromatic rings.